The Morgan fingerprint density at radius 2 is 1.56 bits per heavy atom. The Morgan fingerprint density at radius 3 is 2.19 bits per heavy atom. The Morgan fingerprint density at radius 1 is 0.930 bits per heavy atom. The molecule has 2 aliphatic heterocycles. The average molecular weight is 590 g/mol. The van der Waals surface area contributed by atoms with E-state index in [0.717, 1.165) is 17.5 Å². The van der Waals surface area contributed by atoms with Crippen molar-refractivity contribution in [3.8, 4) is 22.8 Å². The fraction of sp³-hybridized carbons (Fsp3) is 0.344. The summed E-state index contributed by atoms with van der Waals surface area (Å²) in [5, 5.41) is 5.74. The number of likely N-dealkylation sites (tertiary alicyclic amines) is 1. The van der Waals surface area contributed by atoms with Crippen molar-refractivity contribution in [2.24, 2.45) is 0 Å². The molecule has 0 bridgehead atoms. The molecule has 4 amide bonds. The molecule has 1 fully saturated rings. The van der Waals surface area contributed by atoms with E-state index in [9.17, 15) is 19.2 Å². The summed E-state index contributed by atoms with van der Waals surface area (Å²) in [5.41, 5.74) is 2.03. The van der Waals surface area contributed by atoms with Crippen molar-refractivity contribution < 1.29 is 31.2 Å². The number of amides is 4. The molecule has 2 atom stereocenters. The fourth-order valence-electron chi connectivity index (χ4n) is 5.07. The Hall–Kier alpha value is -4.93. The predicted molar refractivity (Wildman–Crippen MR) is 165 cm³/mol. The van der Waals surface area contributed by atoms with Gasteiger partial charge in [-0.3, -0.25) is 19.3 Å². The quantitative estimate of drug-likeness (QED) is 0.359. The number of carbonyl (C=O) groups excluding carboxylic acids is 4. The van der Waals surface area contributed by atoms with E-state index in [1.807, 2.05) is 12.1 Å². The summed E-state index contributed by atoms with van der Waals surface area (Å²) in [6.07, 6.45) is 5.99. The van der Waals surface area contributed by atoms with Gasteiger partial charge in [-0.15, -0.1) is 0 Å². The second-order valence-corrected chi connectivity index (χ2v) is 11.5. The fourth-order valence-corrected chi connectivity index (χ4v) is 5.07. The van der Waals surface area contributed by atoms with Gasteiger partial charge >= 0.3 is 6.09 Å². The van der Waals surface area contributed by atoms with E-state index in [1.165, 1.54) is 11.8 Å². The van der Waals surface area contributed by atoms with Crippen molar-refractivity contribution >= 4 is 35.2 Å². The minimum Gasteiger partial charge on any atom is -0.444 e. The molecule has 228 valence electrons. The van der Waals surface area contributed by atoms with Gasteiger partial charge in [-0.1, -0.05) is 12.2 Å². The van der Waals surface area contributed by atoms with E-state index in [2.05, 4.69) is 15.6 Å². The van der Waals surface area contributed by atoms with Crippen LogP contribution in [0, 0.1) is 0 Å². The van der Waals surface area contributed by atoms with Gasteiger partial charge in [0.25, 0.3) is 5.91 Å². The van der Waals surface area contributed by atoms with Crippen LogP contribution in [-0.2, 0) is 19.1 Å². The number of benzene rings is 2. The number of oxazole rings is 1. The summed E-state index contributed by atoms with van der Waals surface area (Å²) in [7, 11) is 0. The van der Waals surface area contributed by atoms with Crippen molar-refractivity contribution in [1.82, 2.24) is 14.8 Å². The molecule has 1 aromatic heterocycles. The molecule has 3 heterocycles. The third-order valence-corrected chi connectivity index (χ3v) is 7.15. The van der Waals surface area contributed by atoms with Crippen LogP contribution in [0.5, 0.6) is 0 Å². The van der Waals surface area contributed by atoms with Crippen molar-refractivity contribution in [2.45, 2.75) is 58.2 Å². The maximum absolute atomic E-state index is 12.9. The smallest absolute Gasteiger partial charge is 0.411 e. The molecule has 0 saturated carbocycles. The van der Waals surface area contributed by atoms with Crippen LogP contribution < -0.4 is 10.6 Å². The first kappa shape index (κ1) is 29.6. The lowest BCUT2D eigenvalue weighted by Crippen LogP contribution is -2.45. The van der Waals surface area contributed by atoms with E-state index in [1.54, 1.807) is 80.4 Å². The Labute approximate surface area is 252 Å². The van der Waals surface area contributed by atoms with Crippen molar-refractivity contribution in [3.05, 3.63) is 66.9 Å². The number of hydrogen-bond acceptors (Lipinski definition) is 7. The van der Waals surface area contributed by atoms with Gasteiger partial charge in [-0.05, 0) is 82.1 Å². The largest absolute Gasteiger partial charge is 0.444 e. The third kappa shape index (κ3) is 6.94. The van der Waals surface area contributed by atoms with E-state index in [4.69, 9.17) is 9.15 Å². The Bertz CT molecular complexity index is 1550. The molecule has 1 saturated heterocycles. The molecule has 11 nitrogen and oxygen atoms in total. The van der Waals surface area contributed by atoms with Gasteiger partial charge in [-0.2, -0.15) is 0 Å². The number of ether oxygens (including phenoxy) is 1. The second-order valence-electron chi connectivity index (χ2n) is 11.5. The van der Waals surface area contributed by atoms with Crippen molar-refractivity contribution in [1.29, 1.82) is 0 Å². The zero-order valence-electron chi connectivity index (χ0n) is 24.6. The first-order valence-corrected chi connectivity index (χ1v) is 14.2. The van der Waals surface area contributed by atoms with Gasteiger partial charge in [0.15, 0.2) is 5.76 Å². The lowest BCUT2D eigenvalue weighted by atomic mass is 10.1. The second kappa shape index (κ2) is 12.1. The lowest BCUT2D eigenvalue weighted by molar-refractivity contribution is -0.134. The molecule has 11 heteroatoms. The highest BCUT2D eigenvalue weighted by Gasteiger charge is 2.34. The Kier molecular flexibility index (Phi) is 8.33. The van der Waals surface area contributed by atoms with Gasteiger partial charge < -0.3 is 24.7 Å². The SMILES string of the molecule is CC(=O)N1CCC[C@H]1C(=O)Nc1ccc(-c2cnc(-c3ccc(NC(=O)[C@@H]4C=CCN4C(=O)OC(C)(C)C)cc3)o2)cc1.[HH].[HH]. The number of nitrogens with one attached hydrogen (secondary N) is 2. The zero-order valence-corrected chi connectivity index (χ0v) is 24.6. The molecule has 0 radical (unpaired) electrons. The van der Waals surface area contributed by atoms with Crippen LogP contribution >= 0.6 is 0 Å². The molecule has 0 unspecified atom stereocenters. The standard InChI is InChI=1S/C32H35N5O6.2H2/c1-20(38)36-17-5-7-25(36)28(39)34-23-13-9-21(10-14-23)27-19-33-30(42-27)22-11-15-24(16-12-22)35-29(40)26-8-6-18-37(26)31(41)43-32(2,3)4;;/h6,8-16,19,25-26H,5,7,17-18H2,1-4H3,(H,34,39)(H,35,40);2*1H/t25-,26-;;/m0../s1. The summed E-state index contributed by atoms with van der Waals surface area (Å²) >= 11 is 0. The van der Waals surface area contributed by atoms with Gasteiger partial charge in [0.2, 0.25) is 17.7 Å². The molecular weight excluding hydrogens is 550 g/mol. The van der Waals surface area contributed by atoms with Gasteiger partial charge in [-0.25, -0.2) is 9.78 Å². The molecule has 2 aromatic carbocycles. The summed E-state index contributed by atoms with van der Waals surface area (Å²) in [6, 6.07) is 13.1. The van der Waals surface area contributed by atoms with Crippen LogP contribution in [0.4, 0.5) is 16.2 Å². The molecular formula is C32H39N5O6. The number of aromatic nitrogens is 1. The van der Waals surface area contributed by atoms with Crippen LogP contribution in [0.3, 0.4) is 0 Å². The zero-order chi connectivity index (χ0) is 30.7. The minimum absolute atomic E-state index is 0. The average Bonchev–Trinajstić information content (AvgIpc) is 3.74. The summed E-state index contributed by atoms with van der Waals surface area (Å²) in [5.74, 6) is 0.332. The normalized spacial score (nSPS) is 18.0. The highest BCUT2D eigenvalue weighted by atomic mass is 16.6. The van der Waals surface area contributed by atoms with Crippen LogP contribution in [0.15, 0.2) is 71.3 Å². The maximum atomic E-state index is 12.9. The first-order valence-electron chi connectivity index (χ1n) is 14.2. The predicted octanol–water partition coefficient (Wildman–Crippen LogP) is 5.56. The number of anilines is 2. The van der Waals surface area contributed by atoms with Gasteiger partial charge in [0.05, 0.1) is 6.20 Å². The summed E-state index contributed by atoms with van der Waals surface area (Å²) < 4.78 is 11.4. The summed E-state index contributed by atoms with van der Waals surface area (Å²) in [4.78, 5) is 57.3. The number of hydrogen-bond donors (Lipinski definition) is 2. The minimum atomic E-state index is -0.763. The highest BCUT2D eigenvalue weighted by molar-refractivity contribution is 5.99. The molecule has 5 rings (SSSR count). The van der Waals surface area contributed by atoms with Crippen LogP contribution in [0.25, 0.3) is 22.8 Å². The molecule has 2 N–H and O–H groups in total. The van der Waals surface area contributed by atoms with Crippen molar-refractivity contribution in [3.63, 3.8) is 0 Å². The van der Waals surface area contributed by atoms with E-state index >= 15 is 0 Å². The summed E-state index contributed by atoms with van der Waals surface area (Å²) in [6.45, 7) is 7.73. The molecule has 3 aromatic rings. The van der Waals surface area contributed by atoms with Crippen LogP contribution in [-0.4, -0.2) is 69.4 Å². The van der Waals surface area contributed by atoms with Crippen molar-refractivity contribution in [2.75, 3.05) is 23.7 Å². The Balaban J connectivity index is 0.00000276. The first-order chi connectivity index (χ1) is 20.5. The number of nitrogens with zero attached hydrogens (tertiary/aromatic N) is 3. The third-order valence-electron chi connectivity index (χ3n) is 7.15. The van der Waals surface area contributed by atoms with Crippen LogP contribution in [0.2, 0.25) is 0 Å². The van der Waals surface area contributed by atoms with E-state index < -0.39 is 23.8 Å². The molecule has 0 aliphatic carbocycles. The van der Waals surface area contributed by atoms with E-state index in [0.29, 0.717) is 42.5 Å². The van der Waals surface area contributed by atoms with Gasteiger partial charge in [0.1, 0.15) is 17.7 Å². The number of rotatable bonds is 6. The lowest BCUT2D eigenvalue weighted by Gasteiger charge is -2.28. The maximum Gasteiger partial charge on any atom is 0.411 e. The molecule has 2 aliphatic rings. The highest BCUT2D eigenvalue weighted by Crippen LogP contribution is 2.28. The van der Waals surface area contributed by atoms with E-state index in [-0.39, 0.29) is 20.6 Å². The van der Waals surface area contributed by atoms with Crippen LogP contribution in [0.1, 0.15) is 43.4 Å². The molecule has 0 spiro atoms. The number of carbonyl (C=O) groups is 4. The molecule has 43 heavy (non-hydrogen) atoms. The van der Waals surface area contributed by atoms with Gasteiger partial charge in [0, 0.05) is 45.4 Å². The monoisotopic (exact) mass is 589 g/mol. The topological polar surface area (TPSA) is 134 Å².